The van der Waals surface area contributed by atoms with E-state index in [9.17, 15) is 9.59 Å². The van der Waals surface area contributed by atoms with Gasteiger partial charge in [-0.1, -0.05) is 0 Å². The summed E-state index contributed by atoms with van der Waals surface area (Å²) in [5.74, 6) is 0.179. The fourth-order valence-corrected chi connectivity index (χ4v) is 1.90. The molecule has 1 saturated heterocycles. The molecular weight excluding hydrogens is 276 g/mol. The number of aromatic nitrogens is 1. The first-order valence-electron chi connectivity index (χ1n) is 6.60. The topological polar surface area (TPSA) is 92.8 Å². The van der Waals surface area contributed by atoms with Crippen LogP contribution in [0.15, 0.2) is 18.3 Å². The standard InChI is InChI=1S/C13H18N4O4/c1-20-12-10(3-2-4-14-12)16-13(19)15-9-11(18)17-5-7-21-8-6-17/h2-4H,5-9H2,1H3,(H2,15,16,19). The molecule has 1 aliphatic rings. The first-order chi connectivity index (χ1) is 10.2. The number of anilines is 1. The van der Waals surface area contributed by atoms with Gasteiger partial charge in [-0.05, 0) is 12.1 Å². The van der Waals surface area contributed by atoms with Crippen LogP contribution >= 0.6 is 0 Å². The van der Waals surface area contributed by atoms with Gasteiger partial charge in [0, 0.05) is 19.3 Å². The van der Waals surface area contributed by atoms with Gasteiger partial charge in [0.25, 0.3) is 0 Å². The number of hydrogen-bond donors (Lipinski definition) is 2. The second-order valence-corrected chi connectivity index (χ2v) is 4.36. The highest BCUT2D eigenvalue weighted by atomic mass is 16.5. The predicted molar refractivity (Wildman–Crippen MR) is 75.2 cm³/mol. The number of pyridine rings is 1. The molecule has 2 heterocycles. The predicted octanol–water partition coefficient (Wildman–Crippen LogP) is 0.0705. The summed E-state index contributed by atoms with van der Waals surface area (Å²) in [6.07, 6.45) is 1.56. The number of carbonyl (C=O) groups excluding carboxylic acids is 2. The van der Waals surface area contributed by atoms with Crippen LogP contribution in [0.25, 0.3) is 0 Å². The van der Waals surface area contributed by atoms with Crippen molar-refractivity contribution in [1.82, 2.24) is 15.2 Å². The molecule has 0 bridgehead atoms. The zero-order chi connectivity index (χ0) is 15.1. The van der Waals surface area contributed by atoms with E-state index in [4.69, 9.17) is 9.47 Å². The zero-order valence-corrected chi connectivity index (χ0v) is 11.8. The number of carbonyl (C=O) groups is 2. The summed E-state index contributed by atoms with van der Waals surface area (Å²) in [6.45, 7) is 2.11. The SMILES string of the molecule is COc1ncccc1NC(=O)NCC(=O)N1CCOCC1. The van der Waals surface area contributed by atoms with Crippen molar-refractivity contribution in [2.24, 2.45) is 0 Å². The monoisotopic (exact) mass is 294 g/mol. The van der Waals surface area contributed by atoms with Gasteiger partial charge in [0.05, 0.1) is 26.9 Å². The molecule has 8 heteroatoms. The number of ether oxygens (including phenoxy) is 2. The van der Waals surface area contributed by atoms with Gasteiger partial charge in [-0.3, -0.25) is 4.79 Å². The van der Waals surface area contributed by atoms with Crippen LogP contribution in [0.4, 0.5) is 10.5 Å². The molecule has 3 amide bonds. The second-order valence-electron chi connectivity index (χ2n) is 4.36. The van der Waals surface area contributed by atoms with Gasteiger partial charge in [0.2, 0.25) is 11.8 Å². The Kier molecular flexibility index (Phi) is 5.33. The number of hydrogen-bond acceptors (Lipinski definition) is 5. The summed E-state index contributed by atoms with van der Waals surface area (Å²) in [6, 6.07) is 2.86. The van der Waals surface area contributed by atoms with Crippen molar-refractivity contribution < 1.29 is 19.1 Å². The van der Waals surface area contributed by atoms with Crippen molar-refractivity contribution in [2.45, 2.75) is 0 Å². The summed E-state index contributed by atoms with van der Waals surface area (Å²) in [5.41, 5.74) is 0.441. The molecule has 8 nitrogen and oxygen atoms in total. The van der Waals surface area contributed by atoms with Crippen molar-refractivity contribution in [2.75, 3.05) is 45.3 Å². The summed E-state index contributed by atoms with van der Waals surface area (Å²) < 4.78 is 10.2. The third kappa shape index (κ3) is 4.32. The minimum Gasteiger partial charge on any atom is -0.480 e. The summed E-state index contributed by atoms with van der Waals surface area (Å²) in [4.78, 5) is 29.3. The highest BCUT2D eigenvalue weighted by molar-refractivity contribution is 5.93. The summed E-state index contributed by atoms with van der Waals surface area (Å²) in [7, 11) is 1.47. The average molecular weight is 294 g/mol. The number of amides is 3. The Hall–Kier alpha value is -2.35. The van der Waals surface area contributed by atoms with E-state index in [0.717, 1.165) is 0 Å². The van der Waals surface area contributed by atoms with Crippen LogP contribution in [0, 0.1) is 0 Å². The first-order valence-corrected chi connectivity index (χ1v) is 6.60. The molecule has 0 radical (unpaired) electrons. The Morgan fingerprint density at radius 3 is 2.90 bits per heavy atom. The minimum atomic E-state index is -0.483. The molecule has 1 aliphatic heterocycles. The van der Waals surface area contributed by atoms with Crippen molar-refractivity contribution in [3.63, 3.8) is 0 Å². The molecular formula is C13H18N4O4. The smallest absolute Gasteiger partial charge is 0.319 e. The maximum absolute atomic E-state index is 11.9. The number of urea groups is 1. The van der Waals surface area contributed by atoms with Crippen LogP contribution in [0.3, 0.4) is 0 Å². The maximum Gasteiger partial charge on any atom is 0.319 e. The molecule has 0 saturated carbocycles. The van der Waals surface area contributed by atoms with Gasteiger partial charge in [-0.2, -0.15) is 0 Å². The van der Waals surface area contributed by atoms with Crippen molar-refractivity contribution >= 4 is 17.6 Å². The van der Waals surface area contributed by atoms with Crippen molar-refractivity contribution in [1.29, 1.82) is 0 Å². The van der Waals surface area contributed by atoms with Crippen LogP contribution in [-0.4, -0.2) is 61.8 Å². The lowest BCUT2D eigenvalue weighted by Gasteiger charge is -2.26. The van der Waals surface area contributed by atoms with Crippen LogP contribution < -0.4 is 15.4 Å². The molecule has 114 valence electrons. The van der Waals surface area contributed by atoms with E-state index in [1.807, 2.05) is 0 Å². The van der Waals surface area contributed by atoms with E-state index in [1.165, 1.54) is 7.11 Å². The fraction of sp³-hybridized carbons (Fsp3) is 0.462. The molecule has 2 N–H and O–H groups in total. The van der Waals surface area contributed by atoms with E-state index in [0.29, 0.717) is 37.9 Å². The largest absolute Gasteiger partial charge is 0.480 e. The Bertz CT molecular complexity index is 503. The van der Waals surface area contributed by atoms with Gasteiger partial charge in [-0.25, -0.2) is 9.78 Å². The summed E-state index contributed by atoms with van der Waals surface area (Å²) >= 11 is 0. The van der Waals surface area contributed by atoms with Crippen LogP contribution in [0.2, 0.25) is 0 Å². The third-order valence-electron chi connectivity index (χ3n) is 2.98. The van der Waals surface area contributed by atoms with E-state index in [1.54, 1.807) is 23.2 Å². The van der Waals surface area contributed by atoms with Gasteiger partial charge >= 0.3 is 6.03 Å². The molecule has 1 aromatic heterocycles. The molecule has 0 atom stereocenters. The van der Waals surface area contributed by atoms with Gasteiger partial charge in [0.15, 0.2) is 0 Å². The third-order valence-corrected chi connectivity index (χ3v) is 2.98. The van der Waals surface area contributed by atoms with Crippen LogP contribution in [0.5, 0.6) is 5.88 Å². The Labute approximate surface area is 122 Å². The number of methoxy groups -OCH3 is 1. The molecule has 0 aliphatic carbocycles. The quantitative estimate of drug-likeness (QED) is 0.820. The number of nitrogens with zero attached hydrogens (tertiary/aromatic N) is 2. The molecule has 21 heavy (non-hydrogen) atoms. The first kappa shape index (κ1) is 15.0. The van der Waals surface area contributed by atoms with Crippen LogP contribution in [0.1, 0.15) is 0 Å². The molecule has 1 fully saturated rings. The molecule has 0 unspecified atom stereocenters. The lowest BCUT2D eigenvalue weighted by molar-refractivity contribution is -0.134. The summed E-state index contributed by atoms with van der Waals surface area (Å²) in [5, 5.41) is 5.10. The fourth-order valence-electron chi connectivity index (χ4n) is 1.90. The Balaban J connectivity index is 1.80. The highest BCUT2D eigenvalue weighted by Gasteiger charge is 2.17. The molecule has 2 rings (SSSR count). The number of morpholine rings is 1. The highest BCUT2D eigenvalue weighted by Crippen LogP contribution is 2.19. The Morgan fingerprint density at radius 1 is 1.43 bits per heavy atom. The number of rotatable bonds is 4. The molecule has 0 aromatic carbocycles. The lowest BCUT2D eigenvalue weighted by atomic mass is 10.4. The van der Waals surface area contributed by atoms with E-state index in [-0.39, 0.29) is 12.5 Å². The van der Waals surface area contributed by atoms with E-state index < -0.39 is 6.03 Å². The zero-order valence-electron chi connectivity index (χ0n) is 11.8. The Morgan fingerprint density at radius 2 is 2.19 bits per heavy atom. The van der Waals surface area contributed by atoms with Crippen LogP contribution in [-0.2, 0) is 9.53 Å². The normalized spacial score (nSPS) is 14.4. The van der Waals surface area contributed by atoms with Gasteiger partial charge in [0.1, 0.15) is 5.69 Å². The number of nitrogens with one attached hydrogen (secondary N) is 2. The second kappa shape index (κ2) is 7.44. The van der Waals surface area contributed by atoms with Gasteiger partial charge in [-0.15, -0.1) is 0 Å². The van der Waals surface area contributed by atoms with Gasteiger partial charge < -0.3 is 25.0 Å². The minimum absolute atomic E-state index is 0.0611. The van der Waals surface area contributed by atoms with Crippen molar-refractivity contribution in [3.8, 4) is 5.88 Å². The lowest BCUT2D eigenvalue weighted by Crippen LogP contribution is -2.46. The molecule has 0 spiro atoms. The average Bonchev–Trinajstić information content (AvgIpc) is 2.54. The maximum atomic E-state index is 11.9. The molecule has 1 aromatic rings. The van der Waals surface area contributed by atoms with E-state index in [2.05, 4.69) is 15.6 Å². The van der Waals surface area contributed by atoms with E-state index >= 15 is 0 Å². The van der Waals surface area contributed by atoms with Crippen molar-refractivity contribution in [3.05, 3.63) is 18.3 Å².